The van der Waals surface area contributed by atoms with Gasteiger partial charge in [-0.15, -0.1) is 0 Å². The summed E-state index contributed by atoms with van der Waals surface area (Å²) >= 11 is 0. The Labute approximate surface area is 70.8 Å². The molecule has 0 aliphatic carbocycles. The molecule has 0 bridgehead atoms. The van der Waals surface area contributed by atoms with Crippen molar-refractivity contribution in [1.29, 1.82) is 5.26 Å². The van der Waals surface area contributed by atoms with Crippen LogP contribution >= 0.6 is 0 Å². The maximum absolute atomic E-state index is 8.60. The first-order valence-electron chi connectivity index (χ1n) is 3.48. The van der Waals surface area contributed by atoms with Gasteiger partial charge in [0.15, 0.2) is 0 Å². The monoisotopic (exact) mass is 153 g/mol. The summed E-state index contributed by atoms with van der Waals surface area (Å²) in [4.78, 5) is 0. The lowest BCUT2D eigenvalue weighted by Crippen LogP contribution is -1.96. The van der Waals surface area contributed by atoms with E-state index in [0.29, 0.717) is 16.6 Å². The van der Waals surface area contributed by atoms with Gasteiger partial charge in [-0.05, 0) is 18.2 Å². The van der Waals surface area contributed by atoms with Crippen molar-refractivity contribution in [3.63, 3.8) is 0 Å². The number of hydrogen-bond donors (Lipinski definition) is 0. The van der Waals surface area contributed by atoms with Gasteiger partial charge in [-0.25, -0.2) is 0 Å². The smallest absolute Gasteiger partial charge is 0.133 e. The average molecular weight is 153 g/mol. The van der Waals surface area contributed by atoms with Crippen LogP contribution in [0.1, 0.15) is 5.56 Å². The fraction of sp³-hybridized carbons (Fsp3) is 0. The molecule has 1 aromatic carbocycles. The van der Waals surface area contributed by atoms with Crippen molar-refractivity contribution in [2.45, 2.75) is 0 Å². The van der Waals surface area contributed by atoms with E-state index in [9.17, 15) is 0 Å². The van der Waals surface area contributed by atoms with Crippen LogP contribution in [0.3, 0.4) is 0 Å². The van der Waals surface area contributed by atoms with Gasteiger partial charge in [0.1, 0.15) is 13.4 Å². The van der Waals surface area contributed by atoms with Crippen LogP contribution in [-0.4, -0.2) is 7.85 Å². The summed E-state index contributed by atoms with van der Waals surface area (Å²) in [5.41, 5.74) is 1.88. The summed E-state index contributed by atoms with van der Waals surface area (Å²) in [6.45, 7) is 0. The first-order chi connectivity index (χ1) is 5.81. The third kappa shape index (κ3) is 0.893. The van der Waals surface area contributed by atoms with Crippen molar-refractivity contribution in [1.82, 2.24) is 0 Å². The first-order valence-corrected chi connectivity index (χ1v) is 3.48. The zero-order chi connectivity index (χ0) is 8.55. The molecule has 1 heterocycles. The normalized spacial score (nSPS) is 9.92. The molecule has 0 aliphatic rings. The topological polar surface area (TPSA) is 36.9 Å². The van der Waals surface area contributed by atoms with Crippen LogP contribution in [0.2, 0.25) is 0 Å². The van der Waals surface area contributed by atoms with E-state index in [1.54, 1.807) is 18.2 Å². The van der Waals surface area contributed by atoms with Gasteiger partial charge in [0.05, 0.1) is 17.9 Å². The second-order valence-corrected chi connectivity index (χ2v) is 2.51. The van der Waals surface area contributed by atoms with E-state index >= 15 is 0 Å². The summed E-state index contributed by atoms with van der Waals surface area (Å²) in [5, 5.41) is 9.40. The number of fused-ring (bicyclic) bond motifs is 1. The zero-order valence-electron chi connectivity index (χ0n) is 6.24. The van der Waals surface area contributed by atoms with Gasteiger partial charge in [-0.1, -0.05) is 5.46 Å². The standard InChI is InChI=1S/C9H4BNO/c10-8-5-12-9-2-1-6(4-11)3-7(8)9/h1-3,5H. The fourth-order valence-electron chi connectivity index (χ4n) is 1.12. The molecule has 0 spiro atoms. The molecule has 2 aromatic rings. The average Bonchev–Trinajstić information content (AvgIpc) is 2.47. The maximum Gasteiger partial charge on any atom is 0.133 e. The van der Waals surface area contributed by atoms with Crippen molar-refractivity contribution in [2.24, 2.45) is 0 Å². The van der Waals surface area contributed by atoms with E-state index in [-0.39, 0.29) is 0 Å². The van der Waals surface area contributed by atoms with Crippen molar-refractivity contribution in [3.05, 3.63) is 30.0 Å². The summed E-state index contributed by atoms with van der Waals surface area (Å²) in [6, 6.07) is 7.20. The summed E-state index contributed by atoms with van der Waals surface area (Å²) in [6.07, 6.45) is 1.48. The highest BCUT2D eigenvalue weighted by atomic mass is 16.3. The Morgan fingerprint density at radius 2 is 2.25 bits per heavy atom. The molecule has 3 heteroatoms. The van der Waals surface area contributed by atoms with Crippen molar-refractivity contribution in [3.8, 4) is 6.07 Å². The third-order valence-corrected chi connectivity index (χ3v) is 1.73. The van der Waals surface area contributed by atoms with Gasteiger partial charge in [0.2, 0.25) is 0 Å². The minimum absolute atomic E-state index is 0.571. The van der Waals surface area contributed by atoms with E-state index in [1.807, 2.05) is 6.07 Å². The Kier molecular flexibility index (Phi) is 1.41. The Hall–Kier alpha value is -1.69. The molecule has 0 fully saturated rings. The van der Waals surface area contributed by atoms with Gasteiger partial charge in [-0.3, -0.25) is 0 Å². The molecule has 12 heavy (non-hydrogen) atoms. The largest absolute Gasteiger partial charge is 0.465 e. The lowest BCUT2D eigenvalue weighted by atomic mass is 9.95. The summed E-state index contributed by atoms with van der Waals surface area (Å²) < 4.78 is 5.11. The van der Waals surface area contributed by atoms with E-state index in [0.717, 1.165) is 5.39 Å². The predicted octanol–water partition coefficient (Wildman–Crippen LogP) is 1.10. The molecular formula is C9H4BNO. The molecule has 0 saturated heterocycles. The Morgan fingerprint density at radius 3 is 3.00 bits per heavy atom. The first kappa shape index (κ1) is 6.99. The lowest BCUT2D eigenvalue weighted by Gasteiger charge is -1.89. The minimum atomic E-state index is 0.571. The number of hydrogen-bond acceptors (Lipinski definition) is 2. The third-order valence-electron chi connectivity index (χ3n) is 1.73. The van der Waals surface area contributed by atoms with Gasteiger partial charge >= 0.3 is 0 Å². The lowest BCUT2D eigenvalue weighted by molar-refractivity contribution is 0.618. The van der Waals surface area contributed by atoms with Gasteiger partial charge in [-0.2, -0.15) is 5.26 Å². The number of rotatable bonds is 0. The number of furan rings is 1. The molecule has 0 N–H and O–H groups in total. The maximum atomic E-state index is 8.60. The number of benzene rings is 1. The van der Waals surface area contributed by atoms with Crippen LogP contribution in [0.25, 0.3) is 11.0 Å². The Morgan fingerprint density at radius 1 is 1.42 bits per heavy atom. The highest BCUT2D eigenvalue weighted by Gasteiger charge is 2.01. The Balaban J connectivity index is 2.82. The van der Waals surface area contributed by atoms with Crippen LogP contribution in [0.4, 0.5) is 0 Å². The van der Waals surface area contributed by atoms with Crippen LogP contribution < -0.4 is 5.46 Å². The van der Waals surface area contributed by atoms with Gasteiger partial charge in [0.25, 0.3) is 0 Å². The van der Waals surface area contributed by atoms with E-state index in [2.05, 4.69) is 0 Å². The second kappa shape index (κ2) is 2.42. The predicted molar refractivity (Wildman–Crippen MR) is 46.3 cm³/mol. The van der Waals surface area contributed by atoms with Gasteiger partial charge in [0, 0.05) is 5.39 Å². The number of nitriles is 1. The van der Waals surface area contributed by atoms with Crippen LogP contribution in [0.5, 0.6) is 0 Å². The molecule has 54 valence electrons. The van der Waals surface area contributed by atoms with Crippen molar-refractivity contribution >= 4 is 24.3 Å². The van der Waals surface area contributed by atoms with Crippen LogP contribution in [-0.2, 0) is 0 Å². The van der Waals surface area contributed by atoms with E-state index in [1.165, 1.54) is 6.26 Å². The van der Waals surface area contributed by atoms with Gasteiger partial charge < -0.3 is 4.42 Å². The zero-order valence-corrected chi connectivity index (χ0v) is 6.24. The van der Waals surface area contributed by atoms with Crippen LogP contribution in [0, 0.1) is 11.3 Å². The minimum Gasteiger partial charge on any atom is -0.465 e. The molecule has 0 unspecified atom stereocenters. The Bertz CT molecular complexity index is 467. The number of nitrogens with zero attached hydrogens (tertiary/aromatic N) is 1. The van der Waals surface area contributed by atoms with Crippen molar-refractivity contribution in [2.75, 3.05) is 0 Å². The van der Waals surface area contributed by atoms with E-state index < -0.39 is 0 Å². The molecule has 0 atom stereocenters. The van der Waals surface area contributed by atoms with Crippen LogP contribution in [0.15, 0.2) is 28.9 Å². The summed E-state index contributed by atoms with van der Waals surface area (Å²) in [7, 11) is 5.60. The van der Waals surface area contributed by atoms with Crippen molar-refractivity contribution < 1.29 is 4.42 Å². The SMILES string of the molecule is [B]c1coc2ccc(C#N)cc12. The summed E-state index contributed by atoms with van der Waals surface area (Å²) in [5.74, 6) is 0. The molecular weight excluding hydrogens is 149 g/mol. The second-order valence-electron chi connectivity index (χ2n) is 2.51. The molecule has 0 saturated carbocycles. The van der Waals surface area contributed by atoms with E-state index in [4.69, 9.17) is 17.5 Å². The molecule has 1 aromatic heterocycles. The molecule has 0 amide bonds. The molecule has 2 nitrogen and oxygen atoms in total. The highest BCUT2D eigenvalue weighted by Crippen LogP contribution is 2.13. The molecule has 2 radical (unpaired) electrons. The fourth-order valence-corrected chi connectivity index (χ4v) is 1.12. The molecule has 2 rings (SSSR count). The quantitative estimate of drug-likeness (QED) is 0.531. The highest BCUT2D eigenvalue weighted by molar-refractivity contribution is 6.38. The molecule has 0 aliphatic heterocycles.